The Morgan fingerprint density at radius 1 is 1.03 bits per heavy atom. The molecule has 0 bridgehead atoms. The van der Waals surface area contributed by atoms with Gasteiger partial charge in [0.15, 0.2) is 6.10 Å². The van der Waals surface area contributed by atoms with Crippen LogP contribution in [-0.2, 0) is 14.8 Å². The van der Waals surface area contributed by atoms with Crippen LogP contribution in [0.3, 0.4) is 0 Å². The number of carbonyl (C=O) groups is 1. The molecule has 1 heterocycles. The standard InChI is InChI=1S/C23H30N2O4S/c1-15(2)22(16(3)4)24-23(26)21-14-25(19-8-6-7-9-20(19)29-21)30(27,28)18-12-10-17(5)11-13-18/h6-13,15-16,21-22H,14H2,1-5H3,(H,24,26). The van der Waals surface area contributed by atoms with Crippen LogP contribution in [0.4, 0.5) is 5.69 Å². The van der Waals surface area contributed by atoms with Gasteiger partial charge in [0, 0.05) is 6.04 Å². The topological polar surface area (TPSA) is 75.7 Å². The van der Waals surface area contributed by atoms with Crippen molar-refractivity contribution in [2.75, 3.05) is 10.8 Å². The second kappa shape index (κ2) is 8.68. The summed E-state index contributed by atoms with van der Waals surface area (Å²) in [6.45, 7) is 10.0. The van der Waals surface area contributed by atoms with Crippen LogP contribution >= 0.6 is 0 Å². The number of hydrogen-bond acceptors (Lipinski definition) is 4. The van der Waals surface area contributed by atoms with E-state index in [1.165, 1.54) is 4.31 Å². The summed E-state index contributed by atoms with van der Waals surface area (Å²) in [6.07, 6.45) is -0.930. The SMILES string of the molecule is Cc1ccc(S(=O)(=O)N2CC(C(=O)NC(C(C)C)C(C)C)Oc3ccccc32)cc1. The molecule has 0 saturated heterocycles. The smallest absolute Gasteiger partial charge is 0.264 e. The molecule has 162 valence electrons. The fraction of sp³-hybridized carbons (Fsp3) is 0.435. The van der Waals surface area contributed by atoms with Crippen LogP contribution in [0.15, 0.2) is 53.4 Å². The summed E-state index contributed by atoms with van der Waals surface area (Å²) in [5.41, 5.74) is 1.41. The molecule has 0 saturated carbocycles. The van der Waals surface area contributed by atoms with Crippen LogP contribution in [0.1, 0.15) is 33.3 Å². The zero-order valence-corrected chi connectivity index (χ0v) is 18.9. The maximum atomic E-state index is 13.4. The zero-order valence-electron chi connectivity index (χ0n) is 18.1. The van der Waals surface area contributed by atoms with E-state index in [9.17, 15) is 13.2 Å². The van der Waals surface area contributed by atoms with Crippen molar-refractivity contribution in [3.05, 3.63) is 54.1 Å². The molecule has 0 fully saturated rings. The van der Waals surface area contributed by atoms with E-state index in [2.05, 4.69) is 33.0 Å². The lowest BCUT2D eigenvalue weighted by Gasteiger charge is -2.36. The predicted molar refractivity (Wildman–Crippen MR) is 118 cm³/mol. The van der Waals surface area contributed by atoms with Gasteiger partial charge in [-0.05, 0) is 43.0 Å². The minimum Gasteiger partial charge on any atom is -0.476 e. The van der Waals surface area contributed by atoms with Gasteiger partial charge in [0.1, 0.15) is 5.75 Å². The van der Waals surface area contributed by atoms with E-state index in [1.54, 1.807) is 48.5 Å². The second-order valence-corrected chi connectivity index (χ2v) is 10.3. The molecule has 30 heavy (non-hydrogen) atoms. The highest BCUT2D eigenvalue weighted by molar-refractivity contribution is 7.92. The van der Waals surface area contributed by atoms with E-state index in [1.807, 2.05) is 6.92 Å². The van der Waals surface area contributed by atoms with Gasteiger partial charge in [0.05, 0.1) is 17.1 Å². The highest BCUT2D eigenvalue weighted by Gasteiger charge is 2.38. The third kappa shape index (κ3) is 4.46. The largest absolute Gasteiger partial charge is 0.476 e. The first-order valence-corrected chi connectivity index (χ1v) is 11.7. The number of sulfonamides is 1. The van der Waals surface area contributed by atoms with Crippen LogP contribution in [0.2, 0.25) is 0 Å². The van der Waals surface area contributed by atoms with Crippen LogP contribution in [0, 0.1) is 18.8 Å². The Bertz CT molecular complexity index is 992. The highest BCUT2D eigenvalue weighted by Crippen LogP contribution is 2.36. The predicted octanol–water partition coefficient (Wildman–Crippen LogP) is 3.75. The van der Waals surface area contributed by atoms with Crippen LogP contribution in [0.25, 0.3) is 0 Å². The number of amides is 1. The van der Waals surface area contributed by atoms with Crippen molar-refractivity contribution >= 4 is 21.6 Å². The first kappa shape index (κ1) is 22.2. The Labute approximate surface area is 179 Å². The van der Waals surface area contributed by atoms with Crippen molar-refractivity contribution in [1.82, 2.24) is 5.32 Å². The van der Waals surface area contributed by atoms with Crippen LogP contribution in [0.5, 0.6) is 5.75 Å². The molecule has 1 aliphatic heterocycles. The molecule has 6 nitrogen and oxygen atoms in total. The number of anilines is 1. The molecule has 1 N–H and O–H groups in total. The lowest BCUT2D eigenvalue weighted by molar-refractivity contribution is -0.129. The highest BCUT2D eigenvalue weighted by atomic mass is 32.2. The molecule has 1 unspecified atom stereocenters. The Morgan fingerprint density at radius 3 is 2.23 bits per heavy atom. The van der Waals surface area contributed by atoms with Crippen molar-refractivity contribution in [2.45, 2.75) is 51.7 Å². The van der Waals surface area contributed by atoms with Gasteiger partial charge in [-0.25, -0.2) is 8.42 Å². The normalized spacial score (nSPS) is 16.5. The van der Waals surface area contributed by atoms with Gasteiger partial charge in [-0.1, -0.05) is 57.5 Å². The minimum absolute atomic E-state index is 0.0274. The molecular formula is C23H30N2O4S. The van der Waals surface area contributed by atoms with E-state index in [0.29, 0.717) is 11.4 Å². The Morgan fingerprint density at radius 2 is 1.63 bits per heavy atom. The zero-order chi connectivity index (χ0) is 22.1. The molecular weight excluding hydrogens is 400 g/mol. The van der Waals surface area contributed by atoms with Crippen molar-refractivity contribution < 1.29 is 17.9 Å². The van der Waals surface area contributed by atoms with Crippen LogP contribution < -0.4 is 14.4 Å². The summed E-state index contributed by atoms with van der Waals surface area (Å²) >= 11 is 0. The van der Waals surface area contributed by atoms with Crippen LogP contribution in [-0.4, -0.2) is 33.0 Å². The lowest BCUT2D eigenvalue weighted by atomic mass is 9.93. The summed E-state index contributed by atoms with van der Waals surface area (Å²) in [5, 5.41) is 3.05. The molecule has 0 aromatic heterocycles. The molecule has 2 aromatic rings. The van der Waals surface area contributed by atoms with Crippen molar-refractivity contribution in [2.24, 2.45) is 11.8 Å². The van der Waals surface area contributed by atoms with E-state index in [4.69, 9.17) is 4.74 Å². The van der Waals surface area contributed by atoms with Gasteiger partial charge >= 0.3 is 0 Å². The molecule has 0 aliphatic carbocycles. The van der Waals surface area contributed by atoms with Gasteiger partial charge in [-0.2, -0.15) is 0 Å². The number of benzene rings is 2. The average molecular weight is 431 g/mol. The third-order valence-corrected chi connectivity index (χ3v) is 7.18. The Hall–Kier alpha value is -2.54. The number of hydrogen-bond donors (Lipinski definition) is 1. The number of para-hydroxylation sites is 2. The maximum Gasteiger partial charge on any atom is 0.264 e. The average Bonchev–Trinajstić information content (AvgIpc) is 2.70. The molecule has 0 radical (unpaired) electrons. The quantitative estimate of drug-likeness (QED) is 0.757. The Balaban J connectivity index is 1.94. The lowest BCUT2D eigenvalue weighted by Crippen LogP contribution is -2.54. The summed E-state index contributed by atoms with van der Waals surface area (Å²) < 4.78 is 34.0. The molecule has 3 rings (SSSR count). The summed E-state index contributed by atoms with van der Waals surface area (Å²) in [7, 11) is -3.85. The fourth-order valence-electron chi connectivity index (χ4n) is 3.76. The van der Waals surface area contributed by atoms with Crippen molar-refractivity contribution in [3.63, 3.8) is 0 Å². The molecule has 1 amide bonds. The van der Waals surface area contributed by atoms with Gasteiger partial charge in [-0.15, -0.1) is 0 Å². The summed E-state index contributed by atoms with van der Waals surface area (Å²) in [4.78, 5) is 13.2. The van der Waals surface area contributed by atoms with Crippen molar-refractivity contribution in [1.29, 1.82) is 0 Å². The first-order valence-electron chi connectivity index (χ1n) is 10.3. The molecule has 1 aliphatic rings. The van der Waals surface area contributed by atoms with Gasteiger partial charge in [0.25, 0.3) is 15.9 Å². The van der Waals surface area contributed by atoms with Gasteiger partial charge < -0.3 is 10.1 Å². The maximum absolute atomic E-state index is 13.4. The number of aryl methyl sites for hydroxylation is 1. The number of ether oxygens (including phenoxy) is 1. The number of carbonyl (C=O) groups excluding carboxylic acids is 1. The number of rotatable bonds is 6. The van der Waals surface area contributed by atoms with E-state index in [-0.39, 0.29) is 35.2 Å². The molecule has 1 atom stereocenters. The molecule has 0 spiro atoms. The minimum atomic E-state index is -3.85. The van der Waals surface area contributed by atoms with Crippen molar-refractivity contribution in [3.8, 4) is 5.75 Å². The second-order valence-electron chi connectivity index (χ2n) is 8.45. The number of fused-ring (bicyclic) bond motifs is 1. The molecule has 2 aromatic carbocycles. The number of nitrogens with zero attached hydrogens (tertiary/aromatic N) is 1. The summed E-state index contributed by atoms with van der Waals surface area (Å²) in [6, 6.07) is 13.6. The fourth-order valence-corrected chi connectivity index (χ4v) is 5.24. The monoisotopic (exact) mass is 430 g/mol. The summed E-state index contributed by atoms with van der Waals surface area (Å²) in [5.74, 6) is 0.570. The Kier molecular flexibility index (Phi) is 6.41. The number of nitrogens with one attached hydrogen (secondary N) is 1. The van der Waals surface area contributed by atoms with Gasteiger partial charge in [-0.3, -0.25) is 9.10 Å². The molecule has 7 heteroatoms. The van der Waals surface area contributed by atoms with Gasteiger partial charge in [0.2, 0.25) is 0 Å². The first-order chi connectivity index (χ1) is 14.1. The van der Waals surface area contributed by atoms with E-state index >= 15 is 0 Å². The van der Waals surface area contributed by atoms with E-state index in [0.717, 1.165) is 5.56 Å². The van der Waals surface area contributed by atoms with E-state index < -0.39 is 16.1 Å². The third-order valence-electron chi connectivity index (χ3n) is 5.38.